The third-order valence-electron chi connectivity index (χ3n) is 0.977. The van der Waals surface area contributed by atoms with Gasteiger partial charge in [0.1, 0.15) is 6.66 Å². The third kappa shape index (κ3) is 2.42. The third-order valence-corrected chi connectivity index (χ3v) is 1.67. The first kappa shape index (κ1) is 7.64. The molecule has 0 saturated heterocycles. The molecular formula is C7H8OPS+. The topological polar surface area (TPSA) is 9.23 Å². The van der Waals surface area contributed by atoms with Crippen LogP contribution in [0.15, 0.2) is 30.3 Å². The molecule has 0 aliphatic rings. The van der Waals surface area contributed by atoms with Crippen LogP contribution in [0.4, 0.5) is 0 Å². The second-order valence-electron chi connectivity index (χ2n) is 1.84. The summed E-state index contributed by atoms with van der Waals surface area (Å²) in [5, 5.41) is 0. The highest BCUT2D eigenvalue weighted by Crippen LogP contribution is 2.21. The molecule has 0 radical (unpaired) electrons. The van der Waals surface area contributed by atoms with Crippen molar-refractivity contribution in [2.45, 2.75) is 0 Å². The van der Waals surface area contributed by atoms with Crippen molar-refractivity contribution >= 4 is 18.7 Å². The molecule has 1 rings (SSSR count). The van der Waals surface area contributed by atoms with Crippen molar-refractivity contribution in [1.29, 1.82) is 0 Å². The van der Waals surface area contributed by atoms with E-state index in [1.807, 2.05) is 37.0 Å². The minimum Gasteiger partial charge on any atom is -0.278 e. The van der Waals surface area contributed by atoms with Gasteiger partial charge in [-0.15, -0.1) is 0 Å². The molecule has 0 amide bonds. The number of hydrogen-bond acceptors (Lipinski definition) is 2. The average Bonchev–Trinajstić information content (AvgIpc) is 1.88. The summed E-state index contributed by atoms with van der Waals surface area (Å²) in [4.78, 5) is 0. The van der Waals surface area contributed by atoms with Crippen LogP contribution >= 0.6 is 6.92 Å². The zero-order valence-corrected chi connectivity index (χ0v) is 7.36. The van der Waals surface area contributed by atoms with E-state index in [0.29, 0.717) is 0 Å². The lowest BCUT2D eigenvalue weighted by Gasteiger charge is -1.89. The van der Waals surface area contributed by atoms with Crippen molar-refractivity contribution in [1.82, 2.24) is 0 Å². The minimum atomic E-state index is -0.693. The van der Waals surface area contributed by atoms with Gasteiger partial charge in [0.05, 0.1) is 0 Å². The van der Waals surface area contributed by atoms with Crippen LogP contribution in [0.25, 0.3) is 0 Å². The summed E-state index contributed by atoms with van der Waals surface area (Å²) in [6.07, 6.45) is 0. The lowest BCUT2D eigenvalue weighted by Crippen LogP contribution is -1.76. The fourth-order valence-corrected chi connectivity index (χ4v) is 1.31. The Morgan fingerprint density at radius 1 is 1.30 bits per heavy atom. The van der Waals surface area contributed by atoms with Crippen LogP contribution < -0.4 is 4.52 Å². The van der Waals surface area contributed by atoms with E-state index >= 15 is 0 Å². The number of para-hydroxylation sites is 1. The molecule has 1 unspecified atom stereocenters. The van der Waals surface area contributed by atoms with E-state index in [-0.39, 0.29) is 0 Å². The minimum absolute atomic E-state index is 0.693. The molecule has 0 bridgehead atoms. The van der Waals surface area contributed by atoms with Crippen LogP contribution in [0.3, 0.4) is 0 Å². The van der Waals surface area contributed by atoms with Crippen LogP contribution in [0, 0.1) is 0 Å². The molecule has 1 aromatic rings. The number of rotatable bonds is 2. The standard InChI is InChI=1S/C7H8OPS/c1-9(10)8-7-5-3-2-4-6-7/h2-6H,1H3/q+1. The number of benzene rings is 1. The quantitative estimate of drug-likeness (QED) is 0.632. The van der Waals surface area contributed by atoms with Gasteiger partial charge in [0, 0.05) is 0 Å². The molecule has 1 nitrogen and oxygen atoms in total. The Hall–Kier alpha value is -0.460. The summed E-state index contributed by atoms with van der Waals surface area (Å²) in [7, 11) is 0. The first-order valence-electron chi connectivity index (χ1n) is 2.93. The van der Waals surface area contributed by atoms with Crippen molar-refractivity contribution in [2.75, 3.05) is 6.66 Å². The van der Waals surface area contributed by atoms with Crippen molar-refractivity contribution in [2.24, 2.45) is 0 Å². The van der Waals surface area contributed by atoms with Crippen molar-refractivity contribution in [3.05, 3.63) is 30.3 Å². The Morgan fingerprint density at radius 3 is 2.40 bits per heavy atom. The molecule has 1 atom stereocenters. The SMILES string of the molecule is C[P+](=S)Oc1ccccc1. The van der Waals surface area contributed by atoms with Crippen LogP contribution in [0.5, 0.6) is 5.75 Å². The molecule has 0 aromatic heterocycles. The van der Waals surface area contributed by atoms with Crippen molar-refractivity contribution < 1.29 is 4.52 Å². The summed E-state index contributed by atoms with van der Waals surface area (Å²) < 4.78 is 5.29. The number of hydrogen-bond donors (Lipinski definition) is 0. The van der Waals surface area contributed by atoms with E-state index in [1.54, 1.807) is 0 Å². The molecule has 0 aliphatic heterocycles. The van der Waals surface area contributed by atoms with Gasteiger partial charge in [-0.05, 0) is 12.1 Å². The summed E-state index contributed by atoms with van der Waals surface area (Å²) in [6, 6.07) is 9.64. The molecule has 0 heterocycles. The van der Waals surface area contributed by atoms with E-state index in [2.05, 4.69) is 0 Å². The molecule has 0 aliphatic carbocycles. The lowest BCUT2D eigenvalue weighted by molar-refractivity contribution is 0.634. The zero-order chi connectivity index (χ0) is 7.40. The Balaban J connectivity index is 2.67. The van der Waals surface area contributed by atoms with E-state index in [1.165, 1.54) is 0 Å². The van der Waals surface area contributed by atoms with Crippen LogP contribution in [0.2, 0.25) is 0 Å². The molecule has 0 saturated carbocycles. The van der Waals surface area contributed by atoms with Crippen molar-refractivity contribution in [3.63, 3.8) is 0 Å². The van der Waals surface area contributed by atoms with Gasteiger partial charge in [0.15, 0.2) is 5.75 Å². The summed E-state index contributed by atoms with van der Waals surface area (Å²) in [5.41, 5.74) is 0. The fourth-order valence-electron chi connectivity index (χ4n) is 0.630. The Labute approximate surface area is 66.5 Å². The Bertz CT molecular complexity index is 222. The normalized spacial score (nSPS) is 10.7. The molecule has 0 spiro atoms. The Morgan fingerprint density at radius 2 is 1.90 bits per heavy atom. The van der Waals surface area contributed by atoms with Gasteiger partial charge < -0.3 is 0 Å². The summed E-state index contributed by atoms with van der Waals surface area (Å²) in [5.74, 6) is 0.867. The predicted octanol–water partition coefficient (Wildman–Crippen LogP) is 2.55. The van der Waals surface area contributed by atoms with E-state index in [4.69, 9.17) is 16.3 Å². The van der Waals surface area contributed by atoms with Gasteiger partial charge >= 0.3 is 6.92 Å². The van der Waals surface area contributed by atoms with E-state index < -0.39 is 6.92 Å². The van der Waals surface area contributed by atoms with Gasteiger partial charge in [0.2, 0.25) is 11.8 Å². The zero-order valence-electron chi connectivity index (χ0n) is 5.65. The molecule has 52 valence electrons. The smallest absolute Gasteiger partial charge is 0.278 e. The van der Waals surface area contributed by atoms with Crippen molar-refractivity contribution in [3.8, 4) is 5.75 Å². The van der Waals surface area contributed by atoms with Gasteiger partial charge in [-0.3, -0.25) is 4.52 Å². The monoisotopic (exact) mass is 171 g/mol. The van der Waals surface area contributed by atoms with Gasteiger partial charge in [-0.25, -0.2) is 0 Å². The summed E-state index contributed by atoms with van der Waals surface area (Å²) >= 11 is 4.90. The molecular weight excluding hydrogens is 163 g/mol. The highest BCUT2D eigenvalue weighted by Gasteiger charge is 2.01. The highest BCUT2D eigenvalue weighted by molar-refractivity contribution is 8.02. The summed E-state index contributed by atoms with van der Waals surface area (Å²) in [6.45, 7) is 1.21. The largest absolute Gasteiger partial charge is 0.384 e. The molecule has 10 heavy (non-hydrogen) atoms. The highest BCUT2D eigenvalue weighted by atomic mass is 32.4. The second-order valence-corrected chi connectivity index (χ2v) is 4.45. The average molecular weight is 171 g/mol. The molecule has 3 heteroatoms. The Kier molecular flexibility index (Phi) is 2.79. The van der Waals surface area contributed by atoms with Crippen LogP contribution in [0.1, 0.15) is 0 Å². The fraction of sp³-hybridized carbons (Fsp3) is 0.143. The second kappa shape index (κ2) is 3.65. The maximum absolute atomic E-state index is 5.29. The lowest BCUT2D eigenvalue weighted by atomic mass is 10.3. The van der Waals surface area contributed by atoms with Crippen LogP contribution in [-0.2, 0) is 11.8 Å². The van der Waals surface area contributed by atoms with Gasteiger partial charge in [-0.1, -0.05) is 18.2 Å². The maximum Gasteiger partial charge on any atom is 0.384 e. The first-order valence-corrected chi connectivity index (χ1v) is 5.65. The first-order chi connectivity index (χ1) is 4.79. The molecule has 1 aromatic carbocycles. The van der Waals surface area contributed by atoms with Gasteiger partial charge in [0.25, 0.3) is 0 Å². The molecule has 0 fully saturated rings. The van der Waals surface area contributed by atoms with E-state index in [0.717, 1.165) is 5.75 Å². The van der Waals surface area contributed by atoms with E-state index in [9.17, 15) is 0 Å². The van der Waals surface area contributed by atoms with Crippen LogP contribution in [-0.4, -0.2) is 6.66 Å². The molecule has 0 N–H and O–H groups in total. The van der Waals surface area contributed by atoms with Gasteiger partial charge in [-0.2, -0.15) is 0 Å². The maximum atomic E-state index is 5.29. The predicted molar refractivity (Wildman–Crippen MR) is 47.3 cm³/mol.